The van der Waals surface area contributed by atoms with Crippen LogP contribution >= 0.6 is 0 Å². The van der Waals surface area contributed by atoms with Crippen molar-refractivity contribution in [2.45, 2.75) is 37.9 Å². The second kappa shape index (κ2) is 8.04. The molecule has 3 rings (SSSR count). The first kappa shape index (κ1) is 19.9. The minimum absolute atomic E-state index is 0.0620. The Labute approximate surface area is 160 Å². The minimum atomic E-state index is -4.44. The molecule has 28 heavy (non-hydrogen) atoms. The number of amides is 1. The molecule has 148 valence electrons. The van der Waals surface area contributed by atoms with Crippen LogP contribution < -0.4 is 5.32 Å². The predicted molar refractivity (Wildman–Crippen MR) is 96.8 cm³/mol. The van der Waals surface area contributed by atoms with E-state index < -0.39 is 23.8 Å². The van der Waals surface area contributed by atoms with Crippen LogP contribution in [-0.2, 0) is 17.4 Å². The van der Waals surface area contributed by atoms with Gasteiger partial charge in [0, 0.05) is 6.42 Å². The normalized spacial score (nSPS) is 15.1. The lowest BCUT2D eigenvalue weighted by Gasteiger charge is -2.20. The molecule has 0 aliphatic heterocycles. The fourth-order valence-electron chi connectivity index (χ4n) is 3.25. The highest BCUT2D eigenvalue weighted by atomic mass is 19.4. The summed E-state index contributed by atoms with van der Waals surface area (Å²) >= 11 is 0. The number of aryl methyl sites for hydroxylation is 1. The van der Waals surface area contributed by atoms with Crippen molar-refractivity contribution in [2.75, 3.05) is 0 Å². The zero-order valence-corrected chi connectivity index (χ0v) is 15.0. The van der Waals surface area contributed by atoms with Crippen molar-refractivity contribution in [1.82, 2.24) is 5.32 Å². The van der Waals surface area contributed by atoms with E-state index in [0.717, 1.165) is 25.0 Å². The van der Waals surface area contributed by atoms with Crippen LogP contribution in [0, 0.1) is 5.92 Å². The summed E-state index contributed by atoms with van der Waals surface area (Å²) in [6, 6.07) is 11.0. The zero-order chi connectivity index (χ0) is 20.3. The summed E-state index contributed by atoms with van der Waals surface area (Å²) in [5, 5.41) is 12.0. The summed E-state index contributed by atoms with van der Waals surface area (Å²) in [7, 11) is 0. The van der Waals surface area contributed by atoms with Gasteiger partial charge < -0.3 is 10.4 Å². The first-order valence-corrected chi connectivity index (χ1v) is 9.03. The van der Waals surface area contributed by atoms with Crippen molar-refractivity contribution in [3.05, 3.63) is 70.8 Å². The number of aromatic carboxylic acids is 1. The van der Waals surface area contributed by atoms with Crippen LogP contribution in [0.25, 0.3) is 0 Å². The lowest BCUT2D eigenvalue weighted by atomic mass is 9.99. The summed E-state index contributed by atoms with van der Waals surface area (Å²) in [5.41, 5.74) is 0.399. The summed E-state index contributed by atoms with van der Waals surface area (Å²) in [6.45, 7) is 0. The van der Waals surface area contributed by atoms with Gasteiger partial charge in [0.25, 0.3) is 0 Å². The van der Waals surface area contributed by atoms with Crippen molar-refractivity contribution in [2.24, 2.45) is 5.92 Å². The molecule has 1 aliphatic rings. The van der Waals surface area contributed by atoms with E-state index in [-0.39, 0.29) is 30.2 Å². The van der Waals surface area contributed by atoms with E-state index >= 15 is 0 Å². The van der Waals surface area contributed by atoms with E-state index in [1.54, 1.807) is 24.3 Å². The van der Waals surface area contributed by atoms with Crippen molar-refractivity contribution < 1.29 is 27.9 Å². The summed E-state index contributed by atoms with van der Waals surface area (Å²) in [4.78, 5) is 23.7. The molecular formula is C21H20F3NO3. The molecule has 2 aromatic carbocycles. The Morgan fingerprint density at radius 3 is 2.46 bits per heavy atom. The predicted octanol–water partition coefficient (Wildman–Crippen LogP) is 4.60. The minimum Gasteiger partial charge on any atom is -0.478 e. The number of carboxylic acids is 1. The smallest absolute Gasteiger partial charge is 0.416 e. The van der Waals surface area contributed by atoms with E-state index in [1.807, 2.05) is 0 Å². The maximum atomic E-state index is 13.0. The Hall–Kier alpha value is -2.83. The van der Waals surface area contributed by atoms with Crippen molar-refractivity contribution >= 4 is 11.9 Å². The molecule has 1 amide bonds. The van der Waals surface area contributed by atoms with E-state index in [4.69, 9.17) is 0 Å². The number of carbonyl (C=O) groups excluding carboxylic acids is 1. The Balaban J connectivity index is 1.69. The summed E-state index contributed by atoms with van der Waals surface area (Å²) < 4.78 is 39.0. The van der Waals surface area contributed by atoms with Gasteiger partial charge in [0.15, 0.2) is 0 Å². The second-order valence-corrected chi connectivity index (χ2v) is 6.97. The Bertz CT molecular complexity index is 875. The quantitative estimate of drug-likeness (QED) is 0.725. The number of benzene rings is 2. The molecule has 0 aromatic heterocycles. The fraction of sp³-hybridized carbons (Fsp3) is 0.333. The molecular weight excluding hydrogens is 371 g/mol. The van der Waals surface area contributed by atoms with Crippen LogP contribution in [0.2, 0.25) is 0 Å². The van der Waals surface area contributed by atoms with E-state index in [9.17, 15) is 27.9 Å². The third-order valence-corrected chi connectivity index (χ3v) is 4.85. The fourth-order valence-corrected chi connectivity index (χ4v) is 3.25. The molecule has 1 aliphatic carbocycles. The number of rotatable bonds is 7. The average Bonchev–Trinajstić information content (AvgIpc) is 3.49. The zero-order valence-electron chi connectivity index (χ0n) is 15.0. The van der Waals surface area contributed by atoms with Gasteiger partial charge in [0.05, 0.1) is 17.2 Å². The van der Waals surface area contributed by atoms with Crippen LogP contribution in [0.1, 0.15) is 52.4 Å². The summed E-state index contributed by atoms with van der Waals surface area (Å²) in [6.07, 6.45) is -2.43. The maximum absolute atomic E-state index is 13.0. The standard InChI is InChI=1S/C21H20F3NO3/c22-21(23,24)16-6-3-5-15(12-16)19(14-8-9-14)25-18(26)11-10-13-4-1-2-7-17(13)20(27)28/h1-7,12,14,19H,8-11H2,(H,25,26)(H,27,28). The van der Waals surface area contributed by atoms with Gasteiger partial charge in [-0.2, -0.15) is 13.2 Å². The van der Waals surface area contributed by atoms with Gasteiger partial charge in [-0.25, -0.2) is 4.79 Å². The largest absolute Gasteiger partial charge is 0.478 e. The van der Waals surface area contributed by atoms with Crippen LogP contribution in [0.4, 0.5) is 13.2 Å². The van der Waals surface area contributed by atoms with Crippen LogP contribution in [-0.4, -0.2) is 17.0 Å². The number of hydrogen-bond acceptors (Lipinski definition) is 2. The highest BCUT2D eigenvalue weighted by Gasteiger charge is 2.36. The molecule has 1 unspecified atom stereocenters. The van der Waals surface area contributed by atoms with Crippen molar-refractivity contribution in [3.63, 3.8) is 0 Å². The van der Waals surface area contributed by atoms with Gasteiger partial charge in [0.1, 0.15) is 0 Å². The molecule has 0 spiro atoms. The SMILES string of the molecule is O=C(CCc1ccccc1C(=O)O)NC(c1cccc(C(F)(F)F)c1)C1CC1. The number of carbonyl (C=O) groups is 2. The van der Waals surface area contributed by atoms with E-state index in [2.05, 4.69) is 5.32 Å². The number of alkyl halides is 3. The highest BCUT2D eigenvalue weighted by molar-refractivity contribution is 5.89. The van der Waals surface area contributed by atoms with Gasteiger partial charge in [0.2, 0.25) is 5.91 Å². The van der Waals surface area contributed by atoms with Gasteiger partial charge in [-0.3, -0.25) is 4.79 Å². The molecule has 7 heteroatoms. The number of halogens is 3. The van der Waals surface area contributed by atoms with Gasteiger partial charge in [-0.05, 0) is 54.5 Å². The summed E-state index contributed by atoms with van der Waals surface area (Å²) in [5.74, 6) is -1.25. The molecule has 0 bridgehead atoms. The molecule has 1 atom stereocenters. The molecule has 2 aromatic rings. The first-order chi connectivity index (χ1) is 13.3. The van der Waals surface area contributed by atoms with Gasteiger partial charge >= 0.3 is 12.1 Å². The van der Waals surface area contributed by atoms with Gasteiger partial charge in [-0.15, -0.1) is 0 Å². The molecule has 4 nitrogen and oxygen atoms in total. The average molecular weight is 391 g/mol. The molecule has 0 saturated heterocycles. The lowest BCUT2D eigenvalue weighted by molar-refractivity contribution is -0.137. The molecule has 1 fully saturated rings. The van der Waals surface area contributed by atoms with Crippen molar-refractivity contribution in [3.8, 4) is 0 Å². The van der Waals surface area contributed by atoms with Crippen LogP contribution in [0.5, 0.6) is 0 Å². The Morgan fingerprint density at radius 2 is 1.82 bits per heavy atom. The number of carboxylic acid groups (broad SMARTS) is 1. The third-order valence-electron chi connectivity index (χ3n) is 4.85. The maximum Gasteiger partial charge on any atom is 0.416 e. The molecule has 2 N–H and O–H groups in total. The molecule has 0 heterocycles. The molecule has 1 saturated carbocycles. The molecule has 0 radical (unpaired) electrons. The highest BCUT2D eigenvalue weighted by Crippen LogP contribution is 2.42. The topological polar surface area (TPSA) is 66.4 Å². The first-order valence-electron chi connectivity index (χ1n) is 9.03. The van der Waals surface area contributed by atoms with Gasteiger partial charge in [-0.1, -0.05) is 30.3 Å². The number of hydrogen-bond donors (Lipinski definition) is 2. The van der Waals surface area contributed by atoms with E-state index in [0.29, 0.717) is 11.1 Å². The third kappa shape index (κ3) is 4.91. The van der Waals surface area contributed by atoms with Crippen LogP contribution in [0.3, 0.4) is 0 Å². The Kier molecular flexibility index (Phi) is 5.72. The number of nitrogens with one attached hydrogen (secondary N) is 1. The monoisotopic (exact) mass is 391 g/mol. The lowest BCUT2D eigenvalue weighted by Crippen LogP contribution is -2.30. The van der Waals surface area contributed by atoms with Crippen LogP contribution in [0.15, 0.2) is 48.5 Å². The Morgan fingerprint density at radius 1 is 1.11 bits per heavy atom. The second-order valence-electron chi connectivity index (χ2n) is 6.97. The van der Waals surface area contributed by atoms with E-state index in [1.165, 1.54) is 12.1 Å². The van der Waals surface area contributed by atoms with Crippen molar-refractivity contribution in [1.29, 1.82) is 0 Å².